The van der Waals surface area contributed by atoms with E-state index in [1.807, 2.05) is 32.0 Å². The number of phenols is 1. The molecule has 0 saturated carbocycles. The second-order valence-corrected chi connectivity index (χ2v) is 5.67. The molecule has 3 nitrogen and oxygen atoms in total. The van der Waals surface area contributed by atoms with Crippen LogP contribution in [-0.4, -0.2) is 11.0 Å². The van der Waals surface area contributed by atoms with Crippen LogP contribution in [0, 0.1) is 6.92 Å². The second kappa shape index (κ2) is 6.19. The first-order chi connectivity index (χ1) is 9.91. The van der Waals surface area contributed by atoms with E-state index in [1.165, 1.54) is 0 Å². The molecular formula is C17H18ClNO2. The smallest absolute Gasteiger partial charge is 0.255 e. The van der Waals surface area contributed by atoms with Crippen LogP contribution in [-0.2, 0) is 0 Å². The van der Waals surface area contributed by atoms with E-state index in [0.29, 0.717) is 21.8 Å². The Labute approximate surface area is 129 Å². The maximum atomic E-state index is 12.3. The Hall–Kier alpha value is -2.00. The fourth-order valence-corrected chi connectivity index (χ4v) is 2.70. The van der Waals surface area contributed by atoms with Gasteiger partial charge in [0, 0.05) is 16.8 Å². The molecular weight excluding hydrogens is 286 g/mol. The molecule has 4 heteroatoms. The standard InChI is InChI=1S/C17H18ClNO2/c1-10(2)14-13(9-11(3)16(20)15(14)18)19-17(21)12-7-5-4-6-8-12/h4-10,20H,1-3H3,(H,19,21). The van der Waals surface area contributed by atoms with Crippen LogP contribution in [0.25, 0.3) is 0 Å². The van der Waals surface area contributed by atoms with E-state index >= 15 is 0 Å². The molecule has 2 aromatic carbocycles. The number of rotatable bonds is 3. The van der Waals surface area contributed by atoms with Crippen molar-refractivity contribution in [1.29, 1.82) is 0 Å². The summed E-state index contributed by atoms with van der Waals surface area (Å²) in [5, 5.41) is 13.1. The van der Waals surface area contributed by atoms with Crippen molar-refractivity contribution in [1.82, 2.24) is 0 Å². The van der Waals surface area contributed by atoms with Gasteiger partial charge in [-0.15, -0.1) is 0 Å². The third-order valence-electron chi connectivity index (χ3n) is 3.33. The van der Waals surface area contributed by atoms with Crippen molar-refractivity contribution in [3.63, 3.8) is 0 Å². The highest BCUT2D eigenvalue weighted by Gasteiger charge is 2.18. The molecule has 0 aromatic heterocycles. The van der Waals surface area contributed by atoms with Gasteiger partial charge in [0.05, 0.1) is 5.02 Å². The van der Waals surface area contributed by atoms with Gasteiger partial charge in [0.25, 0.3) is 5.91 Å². The Kier molecular flexibility index (Phi) is 4.53. The predicted octanol–water partition coefficient (Wildman–Crippen LogP) is 4.73. The highest BCUT2D eigenvalue weighted by molar-refractivity contribution is 6.33. The average molecular weight is 304 g/mol. The molecule has 0 radical (unpaired) electrons. The van der Waals surface area contributed by atoms with Crippen molar-refractivity contribution in [2.24, 2.45) is 0 Å². The fourth-order valence-electron chi connectivity index (χ4n) is 2.23. The number of carbonyl (C=O) groups excluding carboxylic acids is 1. The summed E-state index contributed by atoms with van der Waals surface area (Å²) in [6.45, 7) is 5.69. The monoisotopic (exact) mass is 303 g/mol. The van der Waals surface area contributed by atoms with Gasteiger partial charge >= 0.3 is 0 Å². The second-order valence-electron chi connectivity index (χ2n) is 5.29. The lowest BCUT2D eigenvalue weighted by molar-refractivity contribution is 0.102. The number of anilines is 1. The Balaban J connectivity index is 2.42. The molecule has 110 valence electrons. The summed E-state index contributed by atoms with van der Waals surface area (Å²) in [6.07, 6.45) is 0. The summed E-state index contributed by atoms with van der Waals surface area (Å²) in [6, 6.07) is 10.7. The van der Waals surface area contributed by atoms with Gasteiger partial charge in [-0.1, -0.05) is 43.6 Å². The first-order valence-electron chi connectivity index (χ1n) is 6.80. The lowest BCUT2D eigenvalue weighted by atomic mass is 9.98. The van der Waals surface area contributed by atoms with Crippen molar-refractivity contribution in [3.8, 4) is 5.75 Å². The SMILES string of the molecule is Cc1cc(NC(=O)c2ccccc2)c(C(C)C)c(Cl)c1O. The maximum Gasteiger partial charge on any atom is 0.255 e. The largest absolute Gasteiger partial charge is 0.506 e. The highest BCUT2D eigenvalue weighted by Crippen LogP contribution is 2.40. The third kappa shape index (κ3) is 3.19. The predicted molar refractivity (Wildman–Crippen MR) is 86.3 cm³/mol. The Morgan fingerprint density at radius 1 is 1.24 bits per heavy atom. The van der Waals surface area contributed by atoms with Crippen molar-refractivity contribution in [3.05, 3.63) is 58.1 Å². The molecule has 0 saturated heterocycles. The zero-order valence-corrected chi connectivity index (χ0v) is 13.0. The molecule has 0 aliphatic rings. The van der Waals surface area contributed by atoms with E-state index < -0.39 is 0 Å². The molecule has 0 unspecified atom stereocenters. The van der Waals surface area contributed by atoms with Crippen molar-refractivity contribution in [2.45, 2.75) is 26.7 Å². The molecule has 2 N–H and O–H groups in total. The minimum Gasteiger partial charge on any atom is -0.506 e. The zero-order valence-electron chi connectivity index (χ0n) is 12.3. The van der Waals surface area contributed by atoms with Gasteiger partial charge in [-0.3, -0.25) is 4.79 Å². The molecule has 2 aromatic rings. The number of aryl methyl sites for hydroxylation is 1. The number of aromatic hydroxyl groups is 1. The van der Waals surface area contributed by atoms with Crippen LogP contribution in [0.2, 0.25) is 5.02 Å². The van der Waals surface area contributed by atoms with E-state index in [-0.39, 0.29) is 17.6 Å². The van der Waals surface area contributed by atoms with Crippen LogP contribution < -0.4 is 5.32 Å². The molecule has 0 fully saturated rings. The van der Waals surface area contributed by atoms with Crippen LogP contribution in [0.1, 0.15) is 41.3 Å². The number of benzene rings is 2. The van der Waals surface area contributed by atoms with Crippen LogP contribution in [0.5, 0.6) is 5.75 Å². The lowest BCUT2D eigenvalue weighted by Crippen LogP contribution is -2.14. The van der Waals surface area contributed by atoms with Crippen LogP contribution >= 0.6 is 11.6 Å². The van der Waals surface area contributed by atoms with Gasteiger partial charge in [-0.2, -0.15) is 0 Å². The van der Waals surface area contributed by atoms with E-state index in [0.717, 1.165) is 5.56 Å². The number of hydrogen-bond acceptors (Lipinski definition) is 2. The normalized spacial score (nSPS) is 10.7. The van der Waals surface area contributed by atoms with Crippen molar-refractivity contribution < 1.29 is 9.90 Å². The van der Waals surface area contributed by atoms with E-state index in [4.69, 9.17) is 11.6 Å². The van der Waals surface area contributed by atoms with Crippen LogP contribution in [0.3, 0.4) is 0 Å². The molecule has 1 amide bonds. The molecule has 0 spiro atoms. The van der Waals surface area contributed by atoms with Gasteiger partial charge in [0.1, 0.15) is 5.75 Å². The summed E-state index contributed by atoms with van der Waals surface area (Å²) in [4.78, 5) is 12.3. The minimum atomic E-state index is -0.196. The van der Waals surface area contributed by atoms with E-state index in [9.17, 15) is 9.90 Å². The summed E-state index contributed by atoms with van der Waals surface area (Å²) in [5.74, 6) is -0.0493. The van der Waals surface area contributed by atoms with Crippen LogP contribution in [0.15, 0.2) is 36.4 Å². The summed E-state index contributed by atoms with van der Waals surface area (Å²) in [5.41, 5.74) is 2.59. The number of halogens is 1. The summed E-state index contributed by atoms with van der Waals surface area (Å²) in [7, 11) is 0. The van der Waals surface area contributed by atoms with E-state index in [1.54, 1.807) is 25.1 Å². The van der Waals surface area contributed by atoms with Gasteiger partial charge < -0.3 is 10.4 Å². The molecule has 2 rings (SSSR count). The van der Waals surface area contributed by atoms with Gasteiger partial charge in [-0.05, 0) is 36.6 Å². The van der Waals surface area contributed by atoms with E-state index in [2.05, 4.69) is 5.32 Å². The quantitative estimate of drug-likeness (QED) is 0.805. The number of amides is 1. The summed E-state index contributed by atoms with van der Waals surface area (Å²) < 4.78 is 0. The Morgan fingerprint density at radius 2 is 1.86 bits per heavy atom. The Morgan fingerprint density at radius 3 is 2.43 bits per heavy atom. The molecule has 0 aliphatic carbocycles. The van der Waals surface area contributed by atoms with Gasteiger partial charge in [-0.25, -0.2) is 0 Å². The molecule has 0 aliphatic heterocycles. The minimum absolute atomic E-state index is 0.0677. The fraction of sp³-hybridized carbons (Fsp3) is 0.235. The summed E-state index contributed by atoms with van der Waals surface area (Å²) >= 11 is 6.23. The van der Waals surface area contributed by atoms with Gasteiger partial charge in [0.15, 0.2) is 0 Å². The average Bonchev–Trinajstić information content (AvgIpc) is 2.45. The molecule has 21 heavy (non-hydrogen) atoms. The topological polar surface area (TPSA) is 49.3 Å². The first kappa shape index (κ1) is 15.4. The maximum absolute atomic E-state index is 12.3. The number of phenolic OH excluding ortho intramolecular Hbond substituents is 1. The number of carbonyl (C=O) groups is 1. The molecule has 0 bridgehead atoms. The van der Waals surface area contributed by atoms with Crippen molar-refractivity contribution >= 4 is 23.2 Å². The van der Waals surface area contributed by atoms with Gasteiger partial charge in [0.2, 0.25) is 0 Å². The van der Waals surface area contributed by atoms with Crippen LogP contribution in [0.4, 0.5) is 5.69 Å². The Bertz CT molecular complexity index is 666. The van der Waals surface area contributed by atoms with Crippen molar-refractivity contribution in [2.75, 3.05) is 5.32 Å². The lowest BCUT2D eigenvalue weighted by Gasteiger charge is -2.18. The number of hydrogen-bond donors (Lipinski definition) is 2. The first-order valence-corrected chi connectivity index (χ1v) is 7.18. The number of nitrogens with one attached hydrogen (secondary N) is 1. The highest BCUT2D eigenvalue weighted by atomic mass is 35.5. The zero-order chi connectivity index (χ0) is 15.6. The molecule has 0 atom stereocenters. The third-order valence-corrected chi connectivity index (χ3v) is 3.71. The molecule has 0 heterocycles.